The number of rotatable bonds is 4. The van der Waals surface area contributed by atoms with Gasteiger partial charge < -0.3 is 10.1 Å². The first-order chi connectivity index (χ1) is 11.2. The third kappa shape index (κ3) is 3.17. The number of aromatic nitrogens is 2. The van der Waals surface area contributed by atoms with Crippen LogP contribution < -0.4 is 10.1 Å². The van der Waals surface area contributed by atoms with E-state index in [1.54, 1.807) is 12.1 Å². The Morgan fingerprint density at radius 1 is 1.17 bits per heavy atom. The summed E-state index contributed by atoms with van der Waals surface area (Å²) in [7, 11) is 1.51. The number of halogens is 1. The first kappa shape index (κ1) is 15.1. The molecule has 3 rings (SSSR count). The molecule has 0 atom stereocenters. The first-order valence-electron chi connectivity index (χ1n) is 6.72. The minimum Gasteiger partial charge on any atom is -0.495 e. The molecule has 1 amide bonds. The van der Waals surface area contributed by atoms with Crippen molar-refractivity contribution in [1.82, 2.24) is 10.3 Å². The van der Waals surface area contributed by atoms with E-state index < -0.39 is 0 Å². The summed E-state index contributed by atoms with van der Waals surface area (Å²) in [5.41, 5.74) is 1.62. The van der Waals surface area contributed by atoms with E-state index in [1.807, 2.05) is 30.3 Å². The number of anilines is 1. The Kier molecular flexibility index (Phi) is 4.25. The highest BCUT2D eigenvalue weighted by molar-refractivity contribution is 6.32. The predicted molar refractivity (Wildman–Crippen MR) is 85.7 cm³/mol. The SMILES string of the molecule is COc1ccc(C(=O)Nc2nonc2-c2ccccc2)cc1Cl. The van der Waals surface area contributed by atoms with Gasteiger partial charge in [0.2, 0.25) is 5.82 Å². The number of benzene rings is 2. The van der Waals surface area contributed by atoms with E-state index in [0.717, 1.165) is 5.56 Å². The molecule has 116 valence electrons. The van der Waals surface area contributed by atoms with Crippen molar-refractivity contribution < 1.29 is 14.2 Å². The molecule has 0 unspecified atom stereocenters. The summed E-state index contributed by atoms with van der Waals surface area (Å²) in [5.74, 6) is 0.367. The van der Waals surface area contributed by atoms with Crippen molar-refractivity contribution >= 4 is 23.3 Å². The average Bonchev–Trinajstić information content (AvgIpc) is 3.03. The van der Waals surface area contributed by atoms with E-state index in [9.17, 15) is 4.79 Å². The molecular formula is C16H12ClN3O3. The third-order valence-electron chi connectivity index (χ3n) is 3.18. The van der Waals surface area contributed by atoms with Gasteiger partial charge in [-0.05, 0) is 28.5 Å². The van der Waals surface area contributed by atoms with Crippen LogP contribution in [-0.4, -0.2) is 23.3 Å². The highest BCUT2D eigenvalue weighted by Crippen LogP contribution is 2.27. The van der Waals surface area contributed by atoms with Gasteiger partial charge in [-0.3, -0.25) is 4.79 Å². The van der Waals surface area contributed by atoms with Gasteiger partial charge in [-0.25, -0.2) is 4.63 Å². The largest absolute Gasteiger partial charge is 0.495 e. The molecule has 0 saturated heterocycles. The molecule has 6 nitrogen and oxygen atoms in total. The summed E-state index contributed by atoms with van der Waals surface area (Å²) in [5, 5.41) is 10.6. The molecule has 0 saturated carbocycles. The van der Waals surface area contributed by atoms with Crippen molar-refractivity contribution in [2.24, 2.45) is 0 Å². The van der Waals surface area contributed by atoms with Gasteiger partial charge in [0.25, 0.3) is 5.91 Å². The summed E-state index contributed by atoms with van der Waals surface area (Å²) in [4.78, 5) is 12.3. The van der Waals surface area contributed by atoms with Crippen LogP contribution in [0.5, 0.6) is 5.75 Å². The first-order valence-corrected chi connectivity index (χ1v) is 7.09. The van der Waals surface area contributed by atoms with Crippen LogP contribution in [0.1, 0.15) is 10.4 Å². The number of ether oxygens (including phenoxy) is 1. The Hall–Kier alpha value is -2.86. The van der Waals surface area contributed by atoms with Crippen LogP contribution in [0.15, 0.2) is 53.2 Å². The van der Waals surface area contributed by atoms with Gasteiger partial charge in [-0.1, -0.05) is 41.9 Å². The highest BCUT2D eigenvalue weighted by atomic mass is 35.5. The number of carbonyl (C=O) groups is 1. The Labute approximate surface area is 137 Å². The van der Waals surface area contributed by atoms with Crippen molar-refractivity contribution in [3.05, 3.63) is 59.1 Å². The second-order valence-corrected chi connectivity index (χ2v) is 5.04. The van der Waals surface area contributed by atoms with Crippen LogP contribution in [-0.2, 0) is 0 Å². The highest BCUT2D eigenvalue weighted by Gasteiger charge is 2.16. The molecule has 0 bridgehead atoms. The van der Waals surface area contributed by atoms with Gasteiger partial charge >= 0.3 is 0 Å². The Bertz CT molecular complexity index is 834. The minimum absolute atomic E-state index is 0.244. The van der Waals surface area contributed by atoms with Crippen molar-refractivity contribution in [3.8, 4) is 17.0 Å². The second-order valence-electron chi connectivity index (χ2n) is 4.63. The number of nitrogens with one attached hydrogen (secondary N) is 1. The maximum absolute atomic E-state index is 12.3. The van der Waals surface area contributed by atoms with Crippen LogP contribution in [0.4, 0.5) is 5.82 Å². The fourth-order valence-corrected chi connectivity index (χ4v) is 2.30. The Balaban J connectivity index is 1.84. The molecule has 0 radical (unpaired) electrons. The van der Waals surface area contributed by atoms with Gasteiger partial charge in [0.05, 0.1) is 12.1 Å². The number of methoxy groups -OCH3 is 1. The third-order valence-corrected chi connectivity index (χ3v) is 3.48. The van der Waals surface area contributed by atoms with Crippen LogP contribution in [0.25, 0.3) is 11.3 Å². The lowest BCUT2D eigenvalue weighted by molar-refractivity contribution is 0.102. The summed E-state index contributed by atoms with van der Waals surface area (Å²) < 4.78 is 9.80. The Morgan fingerprint density at radius 2 is 1.96 bits per heavy atom. The molecular weight excluding hydrogens is 318 g/mol. The molecule has 7 heteroatoms. The zero-order chi connectivity index (χ0) is 16.2. The fraction of sp³-hybridized carbons (Fsp3) is 0.0625. The maximum Gasteiger partial charge on any atom is 0.257 e. The average molecular weight is 330 g/mol. The second kappa shape index (κ2) is 6.50. The number of amides is 1. The molecule has 1 N–H and O–H groups in total. The summed E-state index contributed by atoms with van der Waals surface area (Å²) in [6.07, 6.45) is 0. The molecule has 0 aliphatic heterocycles. The molecule has 3 aromatic rings. The smallest absolute Gasteiger partial charge is 0.257 e. The molecule has 0 spiro atoms. The van der Waals surface area contributed by atoms with E-state index in [4.69, 9.17) is 21.0 Å². The van der Waals surface area contributed by atoms with E-state index in [2.05, 4.69) is 15.6 Å². The fourth-order valence-electron chi connectivity index (χ4n) is 2.04. The Morgan fingerprint density at radius 3 is 2.65 bits per heavy atom. The van der Waals surface area contributed by atoms with Gasteiger partial charge in [-0.2, -0.15) is 0 Å². The minimum atomic E-state index is -0.373. The monoisotopic (exact) mass is 329 g/mol. The lowest BCUT2D eigenvalue weighted by atomic mass is 10.1. The predicted octanol–water partition coefficient (Wildman–Crippen LogP) is 3.65. The molecule has 0 fully saturated rings. The van der Waals surface area contributed by atoms with E-state index in [0.29, 0.717) is 22.0 Å². The summed E-state index contributed by atoms with van der Waals surface area (Å²) in [6.45, 7) is 0. The van der Waals surface area contributed by atoms with Crippen molar-refractivity contribution in [3.63, 3.8) is 0 Å². The topological polar surface area (TPSA) is 77.2 Å². The normalized spacial score (nSPS) is 10.3. The number of hydrogen-bond donors (Lipinski definition) is 1. The molecule has 0 aliphatic carbocycles. The molecule has 1 heterocycles. The van der Waals surface area contributed by atoms with E-state index in [1.165, 1.54) is 13.2 Å². The standard InChI is InChI=1S/C16H12ClN3O3/c1-22-13-8-7-11(9-12(13)17)16(21)18-15-14(19-23-20-15)10-5-3-2-4-6-10/h2-9H,1H3,(H,18,20,21). The summed E-state index contributed by atoms with van der Waals surface area (Å²) >= 11 is 6.03. The molecule has 23 heavy (non-hydrogen) atoms. The maximum atomic E-state index is 12.3. The van der Waals surface area contributed by atoms with Crippen LogP contribution >= 0.6 is 11.6 Å². The molecule has 1 aromatic heterocycles. The van der Waals surface area contributed by atoms with Crippen LogP contribution in [0, 0.1) is 0 Å². The van der Waals surface area contributed by atoms with Crippen molar-refractivity contribution in [2.45, 2.75) is 0 Å². The van der Waals surface area contributed by atoms with Gasteiger partial charge in [-0.15, -0.1) is 0 Å². The van der Waals surface area contributed by atoms with E-state index in [-0.39, 0.29) is 11.7 Å². The summed E-state index contributed by atoms with van der Waals surface area (Å²) in [6, 6.07) is 14.0. The molecule has 2 aromatic carbocycles. The van der Waals surface area contributed by atoms with Crippen LogP contribution in [0.3, 0.4) is 0 Å². The lowest BCUT2D eigenvalue weighted by Gasteiger charge is -2.06. The lowest BCUT2D eigenvalue weighted by Crippen LogP contribution is -2.13. The van der Waals surface area contributed by atoms with Crippen molar-refractivity contribution in [2.75, 3.05) is 12.4 Å². The van der Waals surface area contributed by atoms with Gasteiger partial charge in [0, 0.05) is 11.1 Å². The van der Waals surface area contributed by atoms with E-state index >= 15 is 0 Å². The van der Waals surface area contributed by atoms with Gasteiger partial charge in [0.15, 0.2) is 5.69 Å². The quantitative estimate of drug-likeness (QED) is 0.790. The van der Waals surface area contributed by atoms with Crippen LogP contribution in [0.2, 0.25) is 5.02 Å². The van der Waals surface area contributed by atoms with Crippen molar-refractivity contribution in [1.29, 1.82) is 0 Å². The zero-order valence-electron chi connectivity index (χ0n) is 12.1. The number of nitrogens with zero attached hydrogens (tertiary/aromatic N) is 2. The number of carbonyl (C=O) groups excluding carboxylic acids is 1. The van der Waals surface area contributed by atoms with Gasteiger partial charge in [0.1, 0.15) is 5.75 Å². The number of hydrogen-bond acceptors (Lipinski definition) is 5. The molecule has 0 aliphatic rings. The zero-order valence-corrected chi connectivity index (χ0v) is 12.9.